The Balaban J connectivity index is 2.77. The van der Waals surface area contributed by atoms with E-state index in [1.807, 2.05) is 0 Å². The number of phenolic OH excluding ortho intramolecular Hbond substituents is 1. The summed E-state index contributed by atoms with van der Waals surface area (Å²) in [5.41, 5.74) is 0. The van der Waals surface area contributed by atoms with Crippen molar-refractivity contribution in [2.45, 2.75) is 0 Å². The fourth-order valence-electron chi connectivity index (χ4n) is 0.910. The molecule has 0 aliphatic carbocycles. The van der Waals surface area contributed by atoms with E-state index < -0.39 is 0 Å². The molecule has 72 valence electrons. The summed E-state index contributed by atoms with van der Waals surface area (Å²) in [5, 5.41) is 9.04. The van der Waals surface area contributed by atoms with Crippen molar-refractivity contribution in [1.29, 1.82) is 0 Å². The number of aromatic hydroxyl groups is 1. The molecule has 0 heterocycles. The van der Waals surface area contributed by atoms with E-state index in [4.69, 9.17) is 9.84 Å². The zero-order valence-electron chi connectivity index (χ0n) is 7.81. The van der Waals surface area contributed by atoms with Gasteiger partial charge >= 0.3 is 0 Å². The van der Waals surface area contributed by atoms with E-state index in [9.17, 15) is 0 Å². The smallest absolute Gasteiger partial charge is 0.127 e. The normalized spacial score (nSPS) is 10.7. The minimum atomic E-state index is 0.213. The van der Waals surface area contributed by atoms with Crippen molar-refractivity contribution < 1.29 is 9.84 Å². The summed E-state index contributed by atoms with van der Waals surface area (Å²) in [4.78, 5) is 0. The first kappa shape index (κ1) is 10.1. The second-order valence-electron chi connectivity index (χ2n) is 2.60. The molecule has 0 amide bonds. The van der Waals surface area contributed by atoms with E-state index in [1.165, 1.54) is 0 Å². The van der Waals surface area contributed by atoms with E-state index in [2.05, 4.69) is 13.2 Å². The third-order valence-electron chi connectivity index (χ3n) is 1.56. The Labute approximate surface area is 83.5 Å². The predicted octanol–water partition coefficient (Wildman–Crippen LogP) is 3.03. The van der Waals surface area contributed by atoms with Gasteiger partial charge in [0.25, 0.3) is 0 Å². The number of hydrogen-bond donors (Lipinski definition) is 1. The average molecular weight is 188 g/mol. The zero-order chi connectivity index (χ0) is 10.4. The average Bonchev–Trinajstić information content (AvgIpc) is 2.20. The molecule has 0 aliphatic rings. The summed E-state index contributed by atoms with van der Waals surface area (Å²) in [7, 11) is 0. The van der Waals surface area contributed by atoms with E-state index in [1.54, 1.807) is 42.5 Å². The lowest BCUT2D eigenvalue weighted by Gasteiger charge is -2.05. The van der Waals surface area contributed by atoms with Crippen LogP contribution in [0.15, 0.2) is 61.4 Å². The lowest BCUT2D eigenvalue weighted by molar-refractivity contribution is 0.440. The maximum absolute atomic E-state index is 9.04. The first-order chi connectivity index (χ1) is 6.76. The Morgan fingerprint density at radius 1 is 1.21 bits per heavy atom. The van der Waals surface area contributed by atoms with Gasteiger partial charge in [-0.15, -0.1) is 0 Å². The highest BCUT2D eigenvalue weighted by molar-refractivity contribution is 5.32. The highest BCUT2D eigenvalue weighted by Gasteiger charge is 1.95. The fourth-order valence-corrected chi connectivity index (χ4v) is 0.910. The maximum Gasteiger partial charge on any atom is 0.127 e. The van der Waals surface area contributed by atoms with E-state index >= 15 is 0 Å². The van der Waals surface area contributed by atoms with Crippen molar-refractivity contribution in [3.05, 3.63) is 61.4 Å². The van der Waals surface area contributed by atoms with Gasteiger partial charge < -0.3 is 9.84 Å². The molecule has 0 aromatic heterocycles. The SMILES string of the molecule is C=C/C=C(\C=C)Oc1ccc(O)cc1. The molecule has 2 heteroatoms. The van der Waals surface area contributed by atoms with E-state index in [0.29, 0.717) is 11.5 Å². The molecule has 1 rings (SSSR count). The Kier molecular flexibility index (Phi) is 3.56. The van der Waals surface area contributed by atoms with Gasteiger partial charge in [0.05, 0.1) is 0 Å². The lowest BCUT2D eigenvalue weighted by atomic mass is 10.3. The van der Waals surface area contributed by atoms with Crippen LogP contribution in [0.2, 0.25) is 0 Å². The van der Waals surface area contributed by atoms with Crippen molar-refractivity contribution in [3.8, 4) is 11.5 Å². The Hall–Kier alpha value is -1.96. The molecule has 14 heavy (non-hydrogen) atoms. The number of allylic oxidation sites excluding steroid dienone is 3. The van der Waals surface area contributed by atoms with Crippen LogP contribution in [0.3, 0.4) is 0 Å². The Morgan fingerprint density at radius 2 is 1.86 bits per heavy atom. The quantitative estimate of drug-likeness (QED) is 0.581. The molecule has 1 aromatic rings. The van der Waals surface area contributed by atoms with Crippen molar-refractivity contribution in [2.24, 2.45) is 0 Å². The lowest BCUT2D eigenvalue weighted by Crippen LogP contribution is -1.90. The third kappa shape index (κ3) is 2.83. The molecule has 1 N–H and O–H groups in total. The zero-order valence-corrected chi connectivity index (χ0v) is 7.81. The van der Waals surface area contributed by atoms with Crippen molar-refractivity contribution in [2.75, 3.05) is 0 Å². The first-order valence-corrected chi connectivity index (χ1v) is 4.18. The summed E-state index contributed by atoms with van der Waals surface area (Å²) < 4.78 is 5.42. The van der Waals surface area contributed by atoms with Gasteiger partial charge in [0.1, 0.15) is 17.3 Å². The van der Waals surface area contributed by atoms with E-state index in [-0.39, 0.29) is 5.75 Å². The second kappa shape index (κ2) is 4.92. The van der Waals surface area contributed by atoms with Crippen LogP contribution in [0.1, 0.15) is 0 Å². The number of benzene rings is 1. The highest BCUT2D eigenvalue weighted by Crippen LogP contribution is 2.18. The van der Waals surface area contributed by atoms with Crippen molar-refractivity contribution >= 4 is 0 Å². The maximum atomic E-state index is 9.04. The number of ether oxygens (including phenoxy) is 1. The molecule has 0 spiro atoms. The number of hydrogen-bond acceptors (Lipinski definition) is 2. The van der Waals surface area contributed by atoms with Gasteiger partial charge in [0, 0.05) is 0 Å². The topological polar surface area (TPSA) is 29.5 Å². The Morgan fingerprint density at radius 3 is 2.36 bits per heavy atom. The molecule has 0 radical (unpaired) electrons. The molecular weight excluding hydrogens is 176 g/mol. The molecule has 0 atom stereocenters. The van der Waals surface area contributed by atoms with Crippen LogP contribution in [-0.4, -0.2) is 5.11 Å². The first-order valence-electron chi connectivity index (χ1n) is 4.18. The van der Waals surface area contributed by atoms with Crippen LogP contribution in [0, 0.1) is 0 Å². The largest absolute Gasteiger partial charge is 0.508 e. The molecule has 1 aromatic carbocycles. The number of rotatable bonds is 4. The molecule has 0 bridgehead atoms. The molecule has 2 nitrogen and oxygen atoms in total. The number of phenols is 1. The molecule has 0 aliphatic heterocycles. The van der Waals surface area contributed by atoms with Gasteiger partial charge in [-0.25, -0.2) is 0 Å². The molecule has 0 unspecified atom stereocenters. The minimum absolute atomic E-state index is 0.213. The van der Waals surface area contributed by atoms with Crippen LogP contribution in [0.4, 0.5) is 0 Å². The summed E-state index contributed by atoms with van der Waals surface area (Å²) in [6.07, 6.45) is 4.92. The van der Waals surface area contributed by atoms with Crippen LogP contribution in [0.5, 0.6) is 11.5 Å². The molecule has 0 saturated carbocycles. The second-order valence-corrected chi connectivity index (χ2v) is 2.60. The Bertz CT molecular complexity index is 347. The van der Waals surface area contributed by atoms with Gasteiger partial charge in [-0.05, 0) is 36.4 Å². The van der Waals surface area contributed by atoms with Gasteiger partial charge in [-0.2, -0.15) is 0 Å². The third-order valence-corrected chi connectivity index (χ3v) is 1.56. The fraction of sp³-hybridized carbons (Fsp3) is 0. The van der Waals surface area contributed by atoms with E-state index in [0.717, 1.165) is 0 Å². The molecule has 0 fully saturated rings. The van der Waals surface area contributed by atoms with Crippen LogP contribution in [-0.2, 0) is 0 Å². The molecular formula is C12H12O2. The van der Waals surface area contributed by atoms with Crippen LogP contribution >= 0.6 is 0 Å². The predicted molar refractivity (Wildman–Crippen MR) is 57.2 cm³/mol. The van der Waals surface area contributed by atoms with Gasteiger partial charge in [-0.1, -0.05) is 19.2 Å². The van der Waals surface area contributed by atoms with Crippen molar-refractivity contribution in [1.82, 2.24) is 0 Å². The molecule has 0 saturated heterocycles. The van der Waals surface area contributed by atoms with Gasteiger partial charge in [-0.3, -0.25) is 0 Å². The van der Waals surface area contributed by atoms with Crippen molar-refractivity contribution in [3.63, 3.8) is 0 Å². The van der Waals surface area contributed by atoms with Crippen LogP contribution in [0.25, 0.3) is 0 Å². The van der Waals surface area contributed by atoms with Crippen LogP contribution < -0.4 is 4.74 Å². The highest BCUT2D eigenvalue weighted by atomic mass is 16.5. The standard InChI is InChI=1S/C12H12O2/c1-3-5-11(4-2)14-12-8-6-10(13)7-9-12/h3-9,13H,1-2H2/b11-5+. The summed E-state index contributed by atoms with van der Waals surface area (Å²) in [6.45, 7) is 7.16. The van der Waals surface area contributed by atoms with Gasteiger partial charge in [0.15, 0.2) is 0 Å². The summed E-state index contributed by atoms with van der Waals surface area (Å²) in [5.74, 6) is 1.48. The summed E-state index contributed by atoms with van der Waals surface area (Å²) >= 11 is 0. The summed E-state index contributed by atoms with van der Waals surface area (Å²) in [6, 6.07) is 6.47. The minimum Gasteiger partial charge on any atom is -0.508 e. The monoisotopic (exact) mass is 188 g/mol. The van der Waals surface area contributed by atoms with Gasteiger partial charge in [0.2, 0.25) is 0 Å².